The Bertz CT molecular complexity index is 8470. The van der Waals surface area contributed by atoms with Crippen LogP contribution in [-0.4, -0.2) is 38.2 Å². The van der Waals surface area contributed by atoms with Gasteiger partial charge in [0.2, 0.25) is 0 Å². The van der Waals surface area contributed by atoms with Gasteiger partial charge in [-0.1, -0.05) is 334 Å². The van der Waals surface area contributed by atoms with E-state index in [0.717, 1.165) is 101 Å². The zero-order valence-corrected chi connectivity index (χ0v) is 70.8. The number of nitrogens with zero attached hydrogens (tertiary/aromatic N) is 8. The number of hydrogen-bond acceptors (Lipinski definition) is 4. The molecule has 8 heteroatoms. The van der Waals surface area contributed by atoms with Crippen LogP contribution in [0, 0.1) is 0 Å². The molecule has 608 valence electrons. The van der Waals surface area contributed by atoms with Gasteiger partial charge in [-0.15, -0.1) is 0 Å². The van der Waals surface area contributed by atoms with Crippen LogP contribution in [0.3, 0.4) is 0 Å². The Kier molecular flexibility index (Phi) is 19.1. The summed E-state index contributed by atoms with van der Waals surface area (Å²) in [5.74, 6) is 1.41. The van der Waals surface area contributed by atoms with Crippen LogP contribution in [0.15, 0.2) is 485 Å². The van der Waals surface area contributed by atoms with Crippen molar-refractivity contribution in [1.29, 1.82) is 0 Å². The second kappa shape index (κ2) is 32.6. The third-order valence-electron chi connectivity index (χ3n) is 25.5. The van der Waals surface area contributed by atoms with Crippen LogP contribution in [0.2, 0.25) is 0 Å². The molecule has 19 aromatic carbocycles. The van der Waals surface area contributed by atoms with Gasteiger partial charge in [0.25, 0.3) is 0 Å². The zero-order valence-electron chi connectivity index (χ0n) is 70.8. The molecule has 0 fully saturated rings. The summed E-state index contributed by atoms with van der Waals surface area (Å²) >= 11 is 0. The lowest BCUT2D eigenvalue weighted by Gasteiger charge is -2.12. The lowest BCUT2D eigenvalue weighted by atomic mass is 9.98. The average Bonchev–Trinajstić information content (AvgIpc) is 1.59. The van der Waals surface area contributed by atoms with Crippen molar-refractivity contribution in [3.8, 4) is 146 Å². The number of benzene rings is 19. The molecule has 0 N–H and O–H groups in total. The molecular weight excluding hydrogens is 1580 g/mol. The van der Waals surface area contributed by atoms with Crippen molar-refractivity contribution in [2.45, 2.75) is 0 Å². The highest BCUT2D eigenvalue weighted by Gasteiger charge is 2.23. The Morgan fingerprint density at radius 2 is 0.323 bits per heavy atom. The molecule has 8 nitrogen and oxygen atoms in total. The second-order valence-electron chi connectivity index (χ2n) is 33.2. The third kappa shape index (κ3) is 13.9. The fourth-order valence-electron chi connectivity index (χ4n) is 19.2. The van der Waals surface area contributed by atoms with Crippen molar-refractivity contribution in [1.82, 2.24) is 38.2 Å². The van der Waals surface area contributed by atoms with E-state index in [2.05, 4.69) is 455 Å². The molecule has 6 aromatic heterocycles. The van der Waals surface area contributed by atoms with Crippen molar-refractivity contribution in [3.63, 3.8) is 0 Å². The summed E-state index contributed by atoms with van der Waals surface area (Å²) in [6, 6.07) is 174. The first-order valence-electron chi connectivity index (χ1n) is 44.2. The summed E-state index contributed by atoms with van der Waals surface area (Å²) in [5.41, 5.74) is 35.4. The molecule has 25 aromatic rings. The van der Waals surface area contributed by atoms with E-state index >= 15 is 0 Å². The minimum Gasteiger partial charge on any atom is -0.309 e. The molecule has 0 saturated carbocycles. The van der Waals surface area contributed by atoms with Gasteiger partial charge in [0.1, 0.15) is 0 Å². The van der Waals surface area contributed by atoms with Crippen LogP contribution in [0.5, 0.6) is 0 Å². The van der Waals surface area contributed by atoms with Crippen molar-refractivity contribution >= 4 is 87.2 Å². The summed E-state index contributed by atoms with van der Waals surface area (Å²) in [6.45, 7) is 0. The van der Waals surface area contributed by atoms with Gasteiger partial charge < -0.3 is 18.3 Å². The lowest BCUT2D eigenvalue weighted by molar-refractivity contribution is 1.16. The molecule has 0 aliphatic carbocycles. The number of para-hydroxylation sites is 3. The Hall–Kier alpha value is -17.5. The van der Waals surface area contributed by atoms with Crippen molar-refractivity contribution in [3.05, 3.63) is 485 Å². The topological polar surface area (TPSA) is 71.3 Å². The molecule has 0 spiro atoms. The van der Waals surface area contributed by atoms with E-state index < -0.39 is 0 Å². The molecule has 0 aliphatic heterocycles. The van der Waals surface area contributed by atoms with E-state index in [9.17, 15) is 0 Å². The third-order valence-corrected chi connectivity index (χ3v) is 25.5. The maximum atomic E-state index is 5.17. The highest BCUT2D eigenvalue weighted by Crippen LogP contribution is 2.45. The minimum atomic E-state index is 0.702. The van der Waals surface area contributed by atoms with Gasteiger partial charge in [-0.2, -0.15) is 0 Å². The van der Waals surface area contributed by atoms with E-state index in [1.54, 1.807) is 0 Å². The number of hydrogen-bond donors (Lipinski definition) is 0. The van der Waals surface area contributed by atoms with Gasteiger partial charge in [0.15, 0.2) is 11.6 Å². The van der Waals surface area contributed by atoms with Gasteiger partial charge in [-0.05, 0) is 207 Å². The predicted octanol–water partition coefficient (Wildman–Crippen LogP) is 31.7. The normalized spacial score (nSPS) is 11.5. The Morgan fingerprint density at radius 1 is 0.115 bits per heavy atom. The van der Waals surface area contributed by atoms with E-state index in [1.165, 1.54) is 121 Å². The summed E-state index contributed by atoms with van der Waals surface area (Å²) in [5, 5.41) is 9.75. The molecule has 0 saturated heterocycles. The Morgan fingerprint density at radius 3 is 0.646 bits per heavy atom. The quantitative estimate of drug-likeness (QED) is 0.103. The average molecular weight is 1660 g/mol. The fraction of sp³-hybridized carbons (Fsp3) is 0. The van der Waals surface area contributed by atoms with Crippen LogP contribution in [0.1, 0.15) is 0 Å². The van der Waals surface area contributed by atoms with Crippen molar-refractivity contribution in [2.24, 2.45) is 0 Å². The smallest absolute Gasteiger partial charge is 0.160 e. The first-order valence-corrected chi connectivity index (χ1v) is 44.2. The second-order valence-corrected chi connectivity index (χ2v) is 33.2. The number of fused-ring (bicyclic) bond motifs is 12. The standard InChI is InChI=1S/C64H42N4.C58H38N4/c1-6-16-43(17-7-1)48-28-34-60-54(38-48)56-40-50(30-36-61(56)67(60)52-24-14-5-15-25-52)51-31-37-63-57(41-51)55-39-49(44-18-8-2-9-19-44)29-35-62(55)68(63)53-32-26-46(27-33-53)59-42-58(45-20-10-3-11-21-45)65-64(66-59)47-22-12-4-13-23-47;1-5-16-39(17-6-1)42-28-31-56-50(35-42)51-37-44(43-29-32-55-49(36-43)48-26-13-14-27-54(48)61(55)46-23-11-4-12-24-46)30-33-57(51)62(56)47-25-15-22-45(34-47)53-38-52(40-18-7-2-8-19-40)59-58(60-53)41-20-9-3-10-21-41/h1-42H;1-38H. The van der Waals surface area contributed by atoms with E-state index in [0.29, 0.717) is 11.6 Å². The largest absolute Gasteiger partial charge is 0.309 e. The first-order chi connectivity index (χ1) is 64.4. The molecule has 0 radical (unpaired) electrons. The van der Waals surface area contributed by atoms with Crippen LogP contribution >= 0.6 is 0 Å². The lowest BCUT2D eigenvalue weighted by Crippen LogP contribution is -1.98. The molecule has 0 atom stereocenters. The van der Waals surface area contributed by atoms with E-state index in [-0.39, 0.29) is 0 Å². The zero-order chi connectivity index (χ0) is 86.0. The summed E-state index contributed by atoms with van der Waals surface area (Å²) < 4.78 is 9.57. The van der Waals surface area contributed by atoms with Crippen LogP contribution in [0.25, 0.3) is 233 Å². The molecule has 25 rings (SSSR count). The van der Waals surface area contributed by atoms with Gasteiger partial charge >= 0.3 is 0 Å². The highest BCUT2D eigenvalue weighted by atomic mass is 15.0. The number of aromatic nitrogens is 8. The van der Waals surface area contributed by atoms with Crippen LogP contribution in [0.4, 0.5) is 0 Å². The van der Waals surface area contributed by atoms with Crippen molar-refractivity contribution in [2.75, 3.05) is 0 Å². The highest BCUT2D eigenvalue weighted by molar-refractivity contribution is 6.16. The minimum absolute atomic E-state index is 0.702. The molecule has 0 bridgehead atoms. The number of rotatable bonds is 15. The Labute approximate surface area is 751 Å². The van der Waals surface area contributed by atoms with Gasteiger partial charge in [-0.3, -0.25) is 0 Å². The predicted molar refractivity (Wildman–Crippen MR) is 541 cm³/mol. The molecule has 130 heavy (non-hydrogen) atoms. The summed E-state index contributed by atoms with van der Waals surface area (Å²) in [7, 11) is 0. The monoisotopic (exact) mass is 1660 g/mol. The fourth-order valence-corrected chi connectivity index (χ4v) is 19.2. The molecule has 0 unspecified atom stereocenters. The summed E-state index contributed by atoms with van der Waals surface area (Å²) in [6.07, 6.45) is 0. The van der Waals surface area contributed by atoms with Crippen LogP contribution < -0.4 is 0 Å². The van der Waals surface area contributed by atoms with Gasteiger partial charge in [-0.25, -0.2) is 19.9 Å². The molecule has 0 amide bonds. The van der Waals surface area contributed by atoms with Gasteiger partial charge in [0, 0.05) is 99.2 Å². The summed E-state index contributed by atoms with van der Waals surface area (Å²) in [4.78, 5) is 20.4. The maximum absolute atomic E-state index is 5.17. The molecule has 6 heterocycles. The SMILES string of the molecule is c1ccc(-c2ccc3c(c2)c2cc(-c4ccc5c(c4)c4cc(-c6ccccc6)ccc4n5-c4ccc(-c5cc(-c6ccccc6)nc(-c6ccccc6)n5)cc4)ccc2n3-c2ccccc2)cc1.c1ccc(-c2ccc3c(c2)c2cc(-c4ccc5c(c4)c4ccccc4n5-c4ccccc4)ccc2n3-c2cccc(-c3cc(-c4ccccc4)nc(-c4ccccc4)n3)c2)cc1. The maximum Gasteiger partial charge on any atom is 0.160 e. The molecule has 0 aliphatic rings. The van der Waals surface area contributed by atoms with E-state index in [4.69, 9.17) is 19.9 Å². The van der Waals surface area contributed by atoms with Gasteiger partial charge in [0.05, 0.1) is 66.9 Å². The first kappa shape index (κ1) is 76.2. The Balaban J connectivity index is 0.000000145. The molecular formula is C122H80N8. The van der Waals surface area contributed by atoms with E-state index in [1.807, 2.05) is 48.5 Å². The van der Waals surface area contributed by atoms with Crippen LogP contribution in [-0.2, 0) is 0 Å². The van der Waals surface area contributed by atoms with Crippen molar-refractivity contribution < 1.29 is 0 Å².